The van der Waals surface area contributed by atoms with Gasteiger partial charge in [-0.2, -0.15) is 0 Å². The molecule has 0 saturated carbocycles. The molecule has 0 unspecified atom stereocenters. The number of nitrogens with zero attached hydrogens (tertiary/aromatic N) is 2. The number of likely N-dealkylation sites (tertiary alicyclic amines) is 1. The van der Waals surface area contributed by atoms with Crippen molar-refractivity contribution in [1.82, 2.24) is 10.2 Å². The Morgan fingerprint density at radius 1 is 1.15 bits per heavy atom. The Morgan fingerprint density at radius 2 is 1.88 bits per heavy atom. The molecule has 1 aliphatic rings. The Bertz CT molecular complexity index is 540. The first-order chi connectivity index (χ1) is 12.7. The van der Waals surface area contributed by atoms with Crippen molar-refractivity contribution in [3.8, 4) is 0 Å². The molecule has 0 aliphatic carbocycles. The molecule has 0 bridgehead atoms. The summed E-state index contributed by atoms with van der Waals surface area (Å²) in [4.78, 5) is 7.26. The number of benzene rings is 1. The summed E-state index contributed by atoms with van der Waals surface area (Å²) in [6.07, 6.45) is 2.50. The van der Waals surface area contributed by atoms with Gasteiger partial charge in [-0.25, -0.2) is 4.99 Å². The third kappa shape index (κ3) is 7.34. The van der Waals surface area contributed by atoms with E-state index in [4.69, 9.17) is 14.5 Å². The molecule has 0 atom stereocenters. The van der Waals surface area contributed by atoms with Crippen molar-refractivity contribution in [2.45, 2.75) is 46.8 Å². The van der Waals surface area contributed by atoms with Gasteiger partial charge in [0.05, 0.1) is 26.4 Å². The molecule has 0 radical (unpaired) electrons. The van der Waals surface area contributed by atoms with Crippen LogP contribution in [0.4, 0.5) is 0 Å². The van der Waals surface area contributed by atoms with E-state index >= 15 is 0 Å². The molecule has 1 heterocycles. The van der Waals surface area contributed by atoms with Crippen LogP contribution >= 0.6 is 0 Å². The molecule has 0 aromatic heterocycles. The summed E-state index contributed by atoms with van der Waals surface area (Å²) in [5.74, 6) is 1.87. The first-order valence-electron chi connectivity index (χ1n) is 9.99. The van der Waals surface area contributed by atoms with Gasteiger partial charge in [-0.1, -0.05) is 31.2 Å². The highest BCUT2D eigenvalue weighted by molar-refractivity contribution is 5.80. The zero-order valence-electron chi connectivity index (χ0n) is 16.7. The average Bonchev–Trinajstić information content (AvgIpc) is 2.66. The van der Waals surface area contributed by atoms with Crippen molar-refractivity contribution in [2.75, 3.05) is 39.5 Å². The van der Waals surface area contributed by atoms with Crippen LogP contribution in [0.15, 0.2) is 29.3 Å². The quantitative estimate of drug-likeness (QED) is 0.416. The molecule has 1 N–H and O–H groups in total. The van der Waals surface area contributed by atoms with Crippen LogP contribution in [0.1, 0.15) is 44.7 Å². The molecule has 1 fully saturated rings. The standard InChI is InChI=1S/C21H35N3O2/c1-4-22-21(24-11-9-18(3)10-12-24)23-16-19-7-6-8-20(15-19)17-26-14-13-25-5-2/h6-8,15,18H,4-5,9-14,16-17H2,1-3H3,(H,22,23). The third-order valence-electron chi connectivity index (χ3n) is 4.67. The molecule has 146 valence electrons. The maximum absolute atomic E-state index is 5.66. The Morgan fingerprint density at radius 3 is 2.62 bits per heavy atom. The van der Waals surface area contributed by atoms with Crippen LogP contribution in [0.2, 0.25) is 0 Å². The molecule has 1 aromatic rings. The monoisotopic (exact) mass is 361 g/mol. The van der Waals surface area contributed by atoms with Gasteiger partial charge in [0, 0.05) is 26.2 Å². The topological polar surface area (TPSA) is 46.1 Å². The zero-order valence-corrected chi connectivity index (χ0v) is 16.7. The molecule has 26 heavy (non-hydrogen) atoms. The van der Waals surface area contributed by atoms with E-state index in [-0.39, 0.29) is 0 Å². The highest BCUT2D eigenvalue weighted by Gasteiger charge is 2.18. The van der Waals surface area contributed by atoms with Crippen LogP contribution in [0.25, 0.3) is 0 Å². The van der Waals surface area contributed by atoms with Crippen molar-refractivity contribution in [1.29, 1.82) is 0 Å². The van der Waals surface area contributed by atoms with Crippen LogP contribution in [0, 0.1) is 5.92 Å². The van der Waals surface area contributed by atoms with Crippen LogP contribution in [-0.2, 0) is 22.6 Å². The lowest BCUT2D eigenvalue weighted by Gasteiger charge is -2.33. The van der Waals surface area contributed by atoms with Gasteiger partial charge in [0.1, 0.15) is 0 Å². The maximum atomic E-state index is 5.66. The summed E-state index contributed by atoms with van der Waals surface area (Å²) in [7, 11) is 0. The lowest BCUT2D eigenvalue weighted by Crippen LogP contribution is -2.45. The second kappa shape index (κ2) is 11.9. The van der Waals surface area contributed by atoms with E-state index < -0.39 is 0 Å². The van der Waals surface area contributed by atoms with Gasteiger partial charge in [0.25, 0.3) is 0 Å². The van der Waals surface area contributed by atoms with E-state index in [1.54, 1.807) is 0 Å². The minimum atomic E-state index is 0.620. The number of rotatable bonds is 9. The number of piperidine rings is 1. The Kier molecular flexibility index (Phi) is 9.50. The molecule has 5 nitrogen and oxygen atoms in total. The maximum Gasteiger partial charge on any atom is 0.194 e. The van der Waals surface area contributed by atoms with Gasteiger partial charge in [0.15, 0.2) is 5.96 Å². The number of hydrogen-bond donors (Lipinski definition) is 1. The van der Waals surface area contributed by atoms with Gasteiger partial charge < -0.3 is 19.7 Å². The number of guanidine groups is 1. The second-order valence-corrected chi connectivity index (χ2v) is 6.91. The Hall–Kier alpha value is -1.59. The summed E-state index contributed by atoms with van der Waals surface area (Å²) in [6.45, 7) is 12.9. The van der Waals surface area contributed by atoms with Gasteiger partial charge >= 0.3 is 0 Å². The van der Waals surface area contributed by atoms with Crippen molar-refractivity contribution < 1.29 is 9.47 Å². The fourth-order valence-electron chi connectivity index (χ4n) is 3.08. The molecule has 5 heteroatoms. The highest BCUT2D eigenvalue weighted by atomic mass is 16.5. The number of ether oxygens (including phenoxy) is 2. The highest BCUT2D eigenvalue weighted by Crippen LogP contribution is 2.16. The Labute approximate surface area is 158 Å². The van der Waals surface area contributed by atoms with Crippen LogP contribution in [-0.4, -0.2) is 50.3 Å². The van der Waals surface area contributed by atoms with E-state index in [1.807, 2.05) is 6.92 Å². The van der Waals surface area contributed by atoms with Crippen molar-refractivity contribution >= 4 is 5.96 Å². The lowest BCUT2D eigenvalue weighted by atomic mass is 10.00. The van der Waals surface area contributed by atoms with E-state index in [0.29, 0.717) is 26.4 Å². The van der Waals surface area contributed by atoms with E-state index in [9.17, 15) is 0 Å². The molecule has 1 aliphatic heterocycles. The van der Waals surface area contributed by atoms with E-state index in [1.165, 1.54) is 24.0 Å². The fraction of sp³-hybridized carbons (Fsp3) is 0.667. The lowest BCUT2D eigenvalue weighted by molar-refractivity contribution is 0.0453. The third-order valence-corrected chi connectivity index (χ3v) is 4.67. The fourth-order valence-corrected chi connectivity index (χ4v) is 3.08. The van der Waals surface area contributed by atoms with Crippen molar-refractivity contribution in [3.63, 3.8) is 0 Å². The van der Waals surface area contributed by atoms with E-state index in [2.05, 4.69) is 48.3 Å². The second-order valence-electron chi connectivity index (χ2n) is 6.91. The van der Waals surface area contributed by atoms with Gasteiger partial charge in [-0.15, -0.1) is 0 Å². The molecule has 2 rings (SSSR count). The number of nitrogens with one attached hydrogen (secondary N) is 1. The van der Waals surface area contributed by atoms with E-state index in [0.717, 1.165) is 38.1 Å². The SMILES string of the molecule is CCNC(=NCc1cccc(COCCOCC)c1)N1CCC(C)CC1. The van der Waals surface area contributed by atoms with Gasteiger partial charge in [-0.05, 0) is 43.7 Å². The van der Waals surface area contributed by atoms with Gasteiger partial charge in [0.2, 0.25) is 0 Å². The zero-order chi connectivity index (χ0) is 18.6. The molecule has 0 spiro atoms. The first-order valence-corrected chi connectivity index (χ1v) is 9.99. The molecule has 0 amide bonds. The summed E-state index contributed by atoms with van der Waals surface area (Å²) >= 11 is 0. The molecular formula is C21H35N3O2. The van der Waals surface area contributed by atoms with Crippen molar-refractivity contribution in [2.24, 2.45) is 10.9 Å². The normalized spacial score (nSPS) is 16.1. The smallest absolute Gasteiger partial charge is 0.194 e. The largest absolute Gasteiger partial charge is 0.379 e. The minimum Gasteiger partial charge on any atom is -0.379 e. The molecule has 1 aromatic carbocycles. The van der Waals surface area contributed by atoms with Crippen LogP contribution in [0.5, 0.6) is 0 Å². The number of aliphatic imine (C=N–C) groups is 1. The predicted octanol–water partition coefficient (Wildman–Crippen LogP) is 3.44. The molecular weight excluding hydrogens is 326 g/mol. The van der Waals surface area contributed by atoms with Crippen LogP contribution < -0.4 is 5.32 Å². The minimum absolute atomic E-state index is 0.620. The van der Waals surface area contributed by atoms with Crippen molar-refractivity contribution in [3.05, 3.63) is 35.4 Å². The number of hydrogen-bond acceptors (Lipinski definition) is 3. The average molecular weight is 362 g/mol. The summed E-state index contributed by atoms with van der Waals surface area (Å²) in [5.41, 5.74) is 2.41. The first kappa shape index (κ1) is 20.7. The predicted molar refractivity (Wildman–Crippen MR) is 107 cm³/mol. The van der Waals surface area contributed by atoms with Gasteiger partial charge in [-0.3, -0.25) is 0 Å². The summed E-state index contributed by atoms with van der Waals surface area (Å²) in [5, 5.41) is 3.44. The summed E-state index contributed by atoms with van der Waals surface area (Å²) in [6, 6.07) is 8.51. The Balaban J connectivity index is 1.88. The molecule has 1 saturated heterocycles. The summed E-state index contributed by atoms with van der Waals surface area (Å²) < 4.78 is 11.0. The van der Waals surface area contributed by atoms with Crippen LogP contribution in [0.3, 0.4) is 0 Å².